The van der Waals surface area contributed by atoms with Gasteiger partial charge < -0.3 is 4.98 Å². The van der Waals surface area contributed by atoms with Gasteiger partial charge in [0.25, 0.3) is 5.56 Å². The van der Waals surface area contributed by atoms with E-state index in [0.29, 0.717) is 17.3 Å². The third-order valence-electron chi connectivity index (χ3n) is 4.59. The van der Waals surface area contributed by atoms with Crippen molar-refractivity contribution in [3.8, 4) is 11.1 Å². The highest BCUT2D eigenvalue weighted by Gasteiger charge is 2.29. The molecule has 1 saturated carbocycles. The minimum Gasteiger partial charge on any atom is -0.309 e. The zero-order valence-corrected chi connectivity index (χ0v) is 15.5. The third-order valence-corrected chi connectivity index (χ3v) is 5.47. The van der Waals surface area contributed by atoms with Crippen molar-refractivity contribution in [3.05, 3.63) is 51.9 Å². The first-order valence-corrected chi connectivity index (χ1v) is 9.79. The number of aromatic nitrogens is 2. The zero-order valence-electron chi connectivity index (χ0n) is 14.7. The number of fused-ring (bicyclic) bond motifs is 1. The second-order valence-corrected chi connectivity index (χ2v) is 8.12. The van der Waals surface area contributed by atoms with Gasteiger partial charge in [0, 0.05) is 23.5 Å². The van der Waals surface area contributed by atoms with E-state index in [-0.39, 0.29) is 5.56 Å². The Hall–Kier alpha value is -1.98. The molecule has 0 radical (unpaired) electrons. The number of aromatic amines is 1. The molecule has 0 bridgehead atoms. The Morgan fingerprint density at radius 2 is 2.04 bits per heavy atom. The van der Waals surface area contributed by atoms with Crippen LogP contribution in [0.3, 0.4) is 0 Å². The summed E-state index contributed by atoms with van der Waals surface area (Å²) in [7, 11) is 0. The first-order chi connectivity index (χ1) is 12.1. The molecule has 130 valence electrons. The molecular formula is C20H23N3OS. The Balaban J connectivity index is 1.68. The quantitative estimate of drug-likeness (QED) is 0.720. The summed E-state index contributed by atoms with van der Waals surface area (Å²) in [4.78, 5) is 23.8. The molecule has 1 fully saturated rings. The number of hydrogen-bond acceptors (Lipinski definition) is 4. The molecule has 1 aromatic carbocycles. The Morgan fingerprint density at radius 1 is 1.28 bits per heavy atom. The van der Waals surface area contributed by atoms with Gasteiger partial charge in [0.15, 0.2) is 0 Å². The first kappa shape index (κ1) is 16.5. The number of nitrogens with one attached hydrogen (secondary N) is 1. The summed E-state index contributed by atoms with van der Waals surface area (Å²) in [5.41, 5.74) is 2.01. The number of rotatable bonds is 6. The van der Waals surface area contributed by atoms with Crippen molar-refractivity contribution >= 4 is 21.6 Å². The van der Waals surface area contributed by atoms with Crippen LogP contribution in [0.5, 0.6) is 0 Å². The lowest BCUT2D eigenvalue weighted by atomic mass is 10.1. The fourth-order valence-corrected chi connectivity index (χ4v) is 4.31. The Morgan fingerprint density at radius 3 is 2.72 bits per heavy atom. The second-order valence-electron chi connectivity index (χ2n) is 7.26. The largest absolute Gasteiger partial charge is 0.309 e. The minimum atomic E-state index is -0.0274. The summed E-state index contributed by atoms with van der Waals surface area (Å²) in [6.45, 7) is 6.25. The van der Waals surface area contributed by atoms with Gasteiger partial charge in [-0.05, 0) is 24.3 Å². The summed E-state index contributed by atoms with van der Waals surface area (Å²) in [5, 5.41) is 2.75. The van der Waals surface area contributed by atoms with Gasteiger partial charge in [-0.15, -0.1) is 11.3 Å². The number of benzene rings is 1. The highest BCUT2D eigenvalue weighted by atomic mass is 32.1. The van der Waals surface area contributed by atoms with Crippen molar-refractivity contribution in [1.29, 1.82) is 0 Å². The predicted octanol–water partition coefficient (Wildman–Crippen LogP) is 4.27. The summed E-state index contributed by atoms with van der Waals surface area (Å²) in [5.74, 6) is 1.40. The summed E-state index contributed by atoms with van der Waals surface area (Å²) < 4.78 is 0. The fraction of sp³-hybridized carbons (Fsp3) is 0.400. The SMILES string of the molecule is CC(C)CN(Cc1nc2scc(-c3ccccc3)c2c(=O)[nH]1)C1CC1. The summed E-state index contributed by atoms with van der Waals surface area (Å²) in [6, 6.07) is 10.7. The van der Waals surface area contributed by atoms with Gasteiger partial charge in [0.2, 0.25) is 0 Å². The molecule has 25 heavy (non-hydrogen) atoms. The van der Waals surface area contributed by atoms with E-state index in [4.69, 9.17) is 4.98 Å². The van der Waals surface area contributed by atoms with Crippen LogP contribution >= 0.6 is 11.3 Å². The monoisotopic (exact) mass is 353 g/mol. The molecular weight excluding hydrogens is 330 g/mol. The molecule has 1 N–H and O–H groups in total. The molecule has 1 aliphatic carbocycles. The first-order valence-electron chi connectivity index (χ1n) is 8.91. The molecule has 0 aliphatic heterocycles. The molecule has 2 aromatic heterocycles. The maximum atomic E-state index is 12.7. The molecule has 0 saturated heterocycles. The van der Waals surface area contributed by atoms with E-state index in [1.807, 2.05) is 35.7 Å². The van der Waals surface area contributed by atoms with Crippen LogP contribution in [0.2, 0.25) is 0 Å². The topological polar surface area (TPSA) is 49.0 Å². The molecule has 4 rings (SSSR count). The average molecular weight is 353 g/mol. The molecule has 0 amide bonds. The van der Waals surface area contributed by atoms with Crippen molar-refractivity contribution < 1.29 is 0 Å². The van der Waals surface area contributed by atoms with E-state index in [2.05, 4.69) is 23.7 Å². The van der Waals surface area contributed by atoms with Gasteiger partial charge in [-0.2, -0.15) is 0 Å². The van der Waals surface area contributed by atoms with Crippen molar-refractivity contribution in [2.45, 2.75) is 39.3 Å². The van der Waals surface area contributed by atoms with Crippen LogP contribution in [0.4, 0.5) is 0 Å². The van der Waals surface area contributed by atoms with Gasteiger partial charge in [-0.25, -0.2) is 4.98 Å². The molecule has 0 unspecified atom stereocenters. The van der Waals surface area contributed by atoms with E-state index in [1.54, 1.807) is 11.3 Å². The van der Waals surface area contributed by atoms with Crippen LogP contribution in [0.25, 0.3) is 21.3 Å². The van der Waals surface area contributed by atoms with Crippen molar-refractivity contribution in [1.82, 2.24) is 14.9 Å². The lowest BCUT2D eigenvalue weighted by Crippen LogP contribution is -2.31. The highest BCUT2D eigenvalue weighted by Crippen LogP contribution is 2.31. The van der Waals surface area contributed by atoms with Gasteiger partial charge in [0.1, 0.15) is 10.7 Å². The lowest BCUT2D eigenvalue weighted by molar-refractivity contribution is 0.221. The van der Waals surface area contributed by atoms with Crippen molar-refractivity contribution in [2.75, 3.05) is 6.54 Å². The van der Waals surface area contributed by atoms with Crippen LogP contribution in [0.15, 0.2) is 40.5 Å². The lowest BCUT2D eigenvalue weighted by Gasteiger charge is -2.23. The molecule has 0 atom stereocenters. The number of nitrogens with zero attached hydrogens (tertiary/aromatic N) is 2. The van der Waals surface area contributed by atoms with Crippen LogP contribution in [0, 0.1) is 5.92 Å². The molecule has 5 heteroatoms. The smallest absolute Gasteiger partial charge is 0.260 e. The Labute approximate surface area is 151 Å². The summed E-state index contributed by atoms with van der Waals surface area (Å²) in [6.07, 6.45) is 2.52. The second kappa shape index (κ2) is 6.73. The number of H-pyrrole nitrogens is 1. The van der Waals surface area contributed by atoms with Gasteiger partial charge in [-0.1, -0.05) is 44.2 Å². The van der Waals surface area contributed by atoms with E-state index < -0.39 is 0 Å². The van der Waals surface area contributed by atoms with Crippen LogP contribution in [-0.4, -0.2) is 27.5 Å². The number of hydrogen-bond donors (Lipinski definition) is 1. The molecule has 0 spiro atoms. The minimum absolute atomic E-state index is 0.0274. The van der Waals surface area contributed by atoms with Crippen molar-refractivity contribution in [2.24, 2.45) is 5.92 Å². The Bertz CT molecular complexity index is 925. The molecule has 4 nitrogen and oxygen atoms in total. The van der Waals surface area contributed by atoms with Crippen LogP contribution < -0.4 is 5.56 Å². The summed E-state index contributed by atoms with van der Waals surface area (Å²) >= 11 is 1.55. The maximum absolute atomic E-state index is 12.7. The standard InChI is InChI=1S/C20H23N3OS/c1-13(2)10-23(15-8-9-15)11-17-21-19(24)18-16(12-25-20(18)22-17)14-6-4-3-5-7-14/h3-7,12-13,15H,8-11H2,1-2H3,(H,21,22,24). The van der Waals surface area contributed by atoms with Gasteiger partial charge in [-0.3, -0.25) is 9.69 Å². The van der Waals surface area contributed by atoms with E-state index in [1.165, 1.54) is 12.8 Å². The third kappa shape index (κ3) is 3.53. The molecule has 2 heterocycles. The highest BCUT2D eigenvalue weighted by molar-refractivity contribution is 7.17. The maximum Gasteiger partial charge on any atom is 0.260 e. The van der Waals surface area contributed by atoms with Crippen LogP contribution in [0.1, 0.15) is 32.5 Å². The normalized spacial score (nSPS) is 14.7. The van der Waals surface area contributed by atoms with Gasteiger partial charge >= 0.3 is 0 Å². The van der Waals surface area contributed by atoms with Crippen molar-refractivity contribution in [3.63, 3.8) is 0 Å². The van der Waals surface area contributed by atoms with E-state index in [0.717, 1.165) is 34.9 Å². The molecule has 1 aliphatic rings. The molecule has 3 aromatic rings. The number of thiophene rings is 1. The average Bonchev–Trinajstić information content (AvgIpc) is 3.34. The Kier molecular flexibility index (Phi) is 4.44. The van der Waals surface area contributed by atoms with E-state index in [9.17, 15) is 4.79 Å². The van der Waals surface area contributed by atoms with Gasteiger partial charge in [0.05, 0.1) is 11.9 Å². The zero-order chi connectivity index (χ0) is 17.4. The fourth-order valence-electron chi connectivity index (χ4n) is 3.34. The van der Waals surface area contributed by atoms with E-state index >= 15 is 0 Å². The van der Waals surface area contributed by atoms with Crippen LogP contribution in [-0.2, 0) is 6.54 Å². The predicted molar refractivity (Wildman–Crippen MR) is 104 cm³/mol.